The van der Waals surface area contributed by atoms with Gasteiger partial charge in [0.15, 0.2) is 0 Å². The van der Waals surface area contributed by atoms with Crippen molar-refractivity contribution in [1.82, 2.24) is 5.32 Å². The van der Waals surface area contributed by atoms with Gasteiger partial charge in [0, 0.05) is 30.9 Å². The van der Waals surface area contributed by atoms with Crippen LogP contribution in [0.25, 0.3) is 0 Å². The van der Waals surface area contributed by atoms with E-state index in [0.717, 1.165) is 6.54 Å². The van der Waals surface area contributed by atoms with Gasteiger partial charge in [0.05, 0.1) is 6.10 Å². The minimum atomic E-state index is -0.314. The van der Waals surface area contributed by atoms with Crippen molar-refractivity contribution in [3.63, 3.8) is 0 Å². The fourth-order valence-electron chi connectivity index (χ4n) is 2.79. The molecular weight excluding hydrogens is 224 g/mol. The van der Waals surface area contributed by atoms with Crippen molar-refractivity contribution in [2.24, 2.45) is 0 Å². The summed E-state index contributed by atoms with van der Waals surface area (Å²) in [6.07, 6.45) is -0.314. The summed E-state index contributed by atoms with van der Waals surface area (Å²) in [7, 11) is 0. The molecule has 3 heteroatoms. The maximum Gasteiger partial charge on any atom is 0.0839 e. The van der Waals surface area contributed by atoms with E-state index in [1.54, 1.807) is 0 Å². The molecule has 3 nitrogen and oxygen atoms in total. The van der Waals surface area contributed by atoms with Gasteiger partial charge in [-0.3, -0.25) is 0 Å². The number of para-hydroxylation sites is 1. The molecule has 1 saturated heterocycles. The zero-order chi connectivity index (χ0) is 13.3. The number of rotatable bonds is 1. The first-order valence-corrected chi connectivity index (χ1v) is 6.63. The summed E-state index contributed by atoms with van der Waals surface area (Å²) in [5.41, 5.74) is 3.85. The van der Waals surface area contributed by atoms with Crippen LogP contribution in [0.3, 0.4) is 0 Å². The summed E-state index contributed by atoms with van der Waals surface area (Å²) in [6, 6.07) is 6.37. The highest BCUT2D eigenvalue weighted by molar-refractivity contribution is 5.59. The average molecular weight is 248 g/mol. The molecular formula is C15H24N2O. The van der Waals surface area contributed by atoms with E-state index in [0.29, 0.717) is 13.1 Å². The molecule has 1 aliphatic heterocycles. The Hall–Kier alpha value is -1.06. The minimum Gasteiger partial charge on any atom is -0.390 e. The van der Waals surface area contributed by atoms with Gasteiger partial charge < -0.3 is 15.3 Å². The summed E-state index contributed by atoms with van der Waals surface area (Å²) in [5, 5.41) is 13.4. The maximum absolute atomic E-state index is 10.0. The van der Waals surface area contributed by atoms with Crippen LogP contribution in [0.4, 0.5) is 5.69 Å². The molecule has 2 rings (SSSR count). The molecule has 100 valence electrons. The summed E-state index contributed by atoms with van der Waals surface area (Å²) in [6.45, 7) is 10.9. The molecule has 0 radical (unpaired) electrons. The van der Waals surface area contributed by atoms with Crippen molar-refractivity contribution < 1.29 is 5.11 Å². The van der Waals surface area contributed by atoms with Crippen molar-refractivity contribution >= 4 is 5.69 Å². The third kappa shape index (κ3) is 2.85. The molecule has 0 bridgehead atoms. The lowest BCUT2D eigenvalue weighted by atomic mass is 10.0. The molecule has 1 aromatic carbocycles. The van der Waals surface area contributed by atoms with Crippen LogP contribution in [0.1, 0.15) is 25.0 Å². The van der Waals surface area contributed by atoms with Gasteiger partial charge in [-0.1, -0.05) is 18.2 Å². The first kappa shape index (κ1) is 13.4. The van der Waals surface area contributed by atoms with Crippen molar-refractivity contribution in [2.75, 3.05) is 24.5 Å². The van der Waals surface area contributed by atoms with Crippen molar-refractivity contribution in [2.45, 2.75) is 39.3 Å². The molecule has 18 heavy (non-hydrogen) atoms. The fraction of sp³-hybridized carbons (Fsp3) is 0.600. The number of nitrogens with one attached hydrogen (secondary N) is 1. The predicted molar refractivity (Wildman–Crippen MR) is 76.2 cm³/mol. The predicted octanol–water partition coefficient (Wildman–Crippen LogP) is 1.85. The van der Waals surface area contributed by atoms with Gasteiger partial charge in [0.1, 0.15) is 0 Å². The lowest BCUT2D eigenvalue weighted by Crippen LogP contribution is -2.46. The van der Waals surface area contributed by atoms with Crippen LogP contribution < -0.4 is 10.2 Å². The van der Waals surface area contributed by atoms with Crippen LogP contribution in [-0.4, -0.2) is 36.4 Å². The van der Waals surface area contributed by atoms with E-state index < -0.39 is 0 Å². The second-order valence-electron chi connectivity index (χ2n) is 6.04. The van der Waals surface area contributed by atoms with Gasteiger partial charge in [-0.05, 0) is 38.8 Å². The van der Waals surface area contributed by atoms with Crippen LogP contribution in [-0.2, 0) is 0 Å². The van der Waals surface area contributed by atoms with E-state index in [4.69, 9.17) is 0 Å². The van der Waals surface area contributed by atoms with Crippen LogP contribution >= 0.6 is 0 Å². The molecule has 0 aliphatic carbocycles. The monoisotopic (exact) mass is 248 g/mol. The number of aliphatic hydroxyl groups excluding tert-OH is 1. The van der Waals surface area contributed by atoms with Crippen molar-refractivity contribution in [1.29, 1.82) is 0 Å². The van der Waals surface area contributed by atoms with Gasteiger partial charge in [0.25, 0.3) is 0 Å². The standard InChI is InChI=1S/C15H24N2O/c1-11-6-5-7-12(2)14(11)17-9-13(18)8-16-15(3,4)10-17/h5-7,13,16,18H,8-10H2,1-4H3. The lowest BCUT2D eigenvalue weighted by Gasteiger charge is -2.33. The van der Waals surface area contributed by atoms with E-state index in [-0.39, 0.29) is 11.6 Å². The highest BCUT2D eigenvalue weighted by Crippen LogP contribution is 2.27. The zero-order valence-corrected chi connectivity index (χ0v) is 11.8. The Balaban J connectivity index is 2.35. The molecule has 0 spiro atoms. The third-order valence-electron chi connectivity index (χ3n) is 3.59. The van der Waals surface area contributed by atoms with Crippen LogP contribution in [0, 0.1) is 13.8 Å². The van der Waals surface area contributed by atoms with Crippen molar-refractivity contribution in [3.8, 4) is 0 Å². The van der Waals surface area contributed by atoms with Crippen LogP contribution in [0.15, 0.2) is 18.2 Å². The third-order valence-corrected chi connectivity index (χ3v) is 3.59. The molecule has 1 heterocycles. The van der Waals surface area contributed by atoms with E-state index in [1.165, 1.54) is 16.8 Å². The van der Waals surface area contributed by atoms with E-state index >= 15 is 0 Å². The maximum atomic E-state index is 10.0. The molecule has 0 aromatic heterocycles. The number of hydrogen-bond acceptors (Lipinski definition) is 3. The average Bonchev–Trinajstić information content (AvgIpc) is 2.37. The minimum absolute atomic E-state index is 0.0200. The number of hydrogen-bond donors (Lipinski definition) is 2. The number of aliphatic hydroxyl groups is 1. The number of nitrogens with zero attached hydrogens (tertiary/aromatic N) is 1. The Labute approximate surface area is 110 Å². The molecule has 1 fully saturated rings. The second-order valence-corrected chi connectivity index (χ2v) is 6.04. The molecule has 0 amide bonds. The molecule has 1 aromatic rings. The number of benzene rings is 1. The quantitative estimate of drug-likeness (QED) is 0.796. The molecule has 1 unspecified atom stereocenters. The highest BCUT2D eigenvalue weighted by Gasteiger charge is 2.28. The topological polar surface area (TPSA) is 35.5 Å². The van der Waals surface area contributed by atoms with Crippen LogP contribution in [0.2, 0.25) is 0 Å². The SMILES string of the molecule is Cc1cccc(C)c1N1CC(O)CNC(C)(C)C1. The van der Waals surface area contributed by atoms with E-state index in [1.807, 2.05) is 0 Å². The van der Waals surface area contributed by atoms with Crippen molar-refractivity contribution in [3.05, 3.63) is 29.3 Å². The number of β-amino-alcohol motifs (C(OH)–C–C–N with tert-alkyl or cyclic N) is 1. The Morgan fingerprint density at radius 1 is 1.28 bits per heavy atom. The van der Waals surface area contributed by atoms with Crippen LogP contribution in [0.5, 0.6) is 0 Å². The molecule has 1 aliphatic rings. The summed E-state index contributed by atoms with van der Waals surface area (Å²) in [5.74, 6) is 0. The largest absolute Gasteiger partial charge is 0.390 e. The smallest absolute Gasteiger partial charge is 0.0839 e. The number of anilines is 1. The second kappa shape index (κ2) is 4.90. The molecule has 0 saturated carbocycles. The van der Waals surface area contributed by atoms with Gasteiger partial charge >= 0.3 is 0 Å². The summed E-state index contributed by atoms with van der Waals surface area (Å²) in [4.78, 5) is 2.31. The van der Waals surface area contributed by atoms with Gasteiger partial charge in [-0.15, -0.1) is 0 Å². The zero-order valence-electron chi connectivity index (χ0n) is 11.8. The van der Waals surface area contributed by atoms with Gasteiger partial charge in [0.2, 0.25) is 0 Å². The number of aryl methyl sites for hydroxylation is 2. The summed E-state index contributed by atoms with van der Waals surface area (Å²) < 4.78 is 0. The van der Waals surface area contributed by atoms with Gasteiger partial charge in [-0.25, -0.2) is 0 Å². The Kier molecular flexibility index (Phi) is 3.64. The lowest BCUT2D eigenvalue weighted by molar-refractivity contribution is 0.179. The summed E-state index contributed by atoms with van der Waals surface area (Å²) >= 11 is 0. The fourth-order valence-corrected chi connectivity index (χ4v) is 2.79. The molecule has 2 N–H and O–H groups in total. The molecule has 1 atom stereocenters. The Bertz CT molecular complexity index is 408. The Morgan fingerprint density at radius 2 is 1.89 bits per heavy atom. The first-order valence-electron chi connectivity index (χ1n) is 6.63. The normalized spacial score (nSPS) is 23.8. The Morgan fingerprint density at radius 3 is 2.50 bits per heavy atom. The van der Waals surface area contributed by atoms with E-state index in [9.17, 15) is 5.11 Å². The first-order chi connectivity index (χ1) is 8.39. The van der Waals surface area contributed by atoms with E-state index in [2.05, 4.69) is 56.1 Å². The highest BCUT2D eigenvalue weighted by atomic mass is 16.3. The van der Waals surface area contributed by atoms with Gasteiger partial charge in [-0.2, -0.15) is 0 Å².